The van der Waals surface area contributed by atoms with Gasteiger partial charge in [0.05, 0.1) is 0 Å². The molecule has 44 valence electrons. The quantitative estimate of drug-likeness (QED) is 0.498. The minimum Gasteiger partial charge on any atom is -0.207 e. The van der Waals surface area contributed by atoms with Crippen LogP contribution in [0.4, 0.5) is 4.39 Å². The molecule has 0 bridgehead atoms. The first-order valence-electron chi connectivity index (χ1n) is 2.47. The zero-order valence-corrected chi connectivity index (χ0v) is 5.86. The van der Waals surface area contributed by atoms with Gasteiger partial charge in [-0.1, -0.05) is 22.0 Å². The normalized spacial score (nSPS) is 27.8. The molecule has 1 unspecified atom stereocenters. The topological polar surface area (TPSA) is 0 Å². The molecule has 0 N–H and O–H groups in total. The molecule has 0 spiro atoms. The SMILES string of the molecule is FC1=CCC(Br)C=C1. The van der Waals surface area contributed by atoms with Crippen molar-refractivity contribution in [1.82, 2.24) is 0 Å². The van der Waals surface area contributed by atoms with Gasteiger partial charge in [-0.3, -0.25) is 0 Å². The Morgan fingerprint density at radius 1 is 1.75 bits per heavy atom. The molecule has 1 aliphatic carbocycles. The summed E-state index contributed by atoms with van der Waals surface area (Å²) < 4.78 is 12.1. The Bertz CT molecular complexity index is 137. The van der Waals surface area contributed by atoms with Crippen molar-refractivity contribution in [3.05, 3.63) is 24.1 Å². The molecule has 1 rings (SSSR count). The lowest BCUT2D eigenvalue weighted by Gasteiger charge is -2.02. The second-order valence-corrected chi connectivity index (χ2v) is 2.88. The maximum atomic E-state index is 12.1. The molecule has 8 heavy (non-hydrogen) atoms. The van der Waals surface area contributed by atoms with Gasteiger partial charge in [0, 0.05) is 4.83 Å². The summed E-state index contributed by atoms with van der Waals surface area (Å²) in [5, 5.41) is 0. The number of allylic oxidation sites excluding steroid dienone is 4. The average Bonchev–Trinajstić information content (AvgIpc) is 1.77. The maximum Gasteiger partial charge on any atom is 0.119 e. The Balaban J connectivity index is 2.58. The Hall–Kier alpha value is -0.110. The molecule has 0 fully saturated rings. The fraction of sp³-hybridized carbons (Fsp3) is 0.333. The number of hydrogen-bond donors (Lipinski definition) is 0. The number of alkyl halides is 1. The van der Waals surface area contributed by atoms with E-state index in [1.807, 2.05) is 0 Å². The summed E-state index contributed by atoms with van der Waals surface area (Å²) in [5.74, 6) is -0.124. The van der Waals surface area contributed by atoms with Gasteiger partial charge in [0.15, 0.2) is 0 Å². The molecule has 2 heteroatoms. The fourth-order valence-corrected chi connectivity index (χ4v) is 0.908. The number of halogens is 2. The highest BCUT2D eigenvalue weighted by molar-refractivity contribution is 9.09. The van der Waals surface area contributed by atoms with Crippen molar-refractivity contribution in [3.63, 3.8) is 0 Å². The van der Waals surface area contributed by atoms with Crippen LogP contribution in [0.15, 0.2) is 24.1 Å². The van der Waals surface area contributed by atoms with E-state index in [2.05, 4.69) is 15.9 Å². The lowest BCUT2D eigenvalue weighted by atomic mass is 10.2. The van der Waals surface area contributed by atoms with Crippen molar-refractivity contribution in [1.29, 1.82) is 0 Å². The summed E-state index contributed by atoms with van der Waals surface area (Å²) in [4.78, 5) is 0.335. The van der Waals surface area contributed by atoms with Crippen LogP contribution in [0.25, 0.3) is 0 Å². The van der Waals surface area contributed by atoms with E-state index in [0.717, 1.165) is 6.42 Å². The lowest BCUT2D eigenvalue weighted by Crippen LogP contribution is -1.93. The molecule has 0 aliphatic heterocycles. The molecular weight excluding hydrogens is 171 g/mol. The fourth-order valence-electron chi connectivity index (χ4n) is 0.568. The van der Waals surface area contributed by atoms with E-state index in [1.54, 1.807) is 12.2 Å². The van der Waals surface area contributed by atoms with Gasteiger partial charge in [-0.25, -0.2) is 4.39 Å². The van der Waals surface area contributed by atoms with Crippen LogP contribution < -0.4 is 0 Å². The van der Waals surface area contributed by atoms with Gasteiger partial charge >= 0.3 is 0 Å². The van der Waals surface area contributed by atoms with E-state index in [4.69, 9.17) is 0 Å². The van der Waals surface area contributed by atoms with Crippen LogP contribution in [0.1, 0.15) is 6.42 Å². The molecule has 1 aliphatic rings. The van der Waals surface area contributed by atoms with E-state index >= 15 is 0 Å². The van der Waals surface area contributed by atoms with Crippen LogP contribution in [-0.4, -0.2) is 4.83 Å². The Labute approximate surface area is 56.2 Å². The summed E-state index contributed by atoms with van der Waals surface area (Å²) >= 11 is 3.32. The third kappa shape index (κ3) is 1.44. The molecule has 0 aromatic heterocycles. The van der Waals surface area contributed by atoms with Crippen molar-refractivity contribution < 1.29 is 4.39 Å². The van der Waals surface area contributed by atoms with Crippen LogP contribution in [0, 0.1) is 0 Å². The Morgan fingerprint density at radius 2 is 2.50 bits per heavy atom. The predicted octanol–water partition coefficient (Wildman–Crippen LogP) is 2.56. The highest BCUT2D eigenvalue weighted by Gasteiger charge is 2.01. The summed E-state index contributed by atoms with van der Waals surface area (Å²) in [6, 6.07) is 0. The second kappa shape index (κ2) is 2.44. The van der Waals surface area contributed by atoms with Gasteiger partial charge in [0.1, 0.15) is 5.83 Å². The zero-order valence-electron chi connectivity index (χ0n) is 4.27. The third-order valence-electron chi connectivity index (χ3n) is 1.00. The monoisotopic (exact) mass is 176 g/mol. The largest absolute Gasteiger partial charge is 0.207 e. The molecule has 0 saturated carbocycles. The summed E-state index contributed by atoms with van der Waals surface area (Å²) in [7, 11) is 0. The second-order valence-electron chi connectivity index (χ2n) is 1.70. The summed E-state index contributed by atoms with van der Waals surface area (Å²) in [6.07, 6.45) is 5.61. The lowest BCUT2D eigenvalue weighted by molar-refractivity contribution is 0.654. The van der Waals surface area contributed by atoms with Gasteiger partial charge < -0.3 is 0 Å². The van der Waals surface area contributed by atoms with E-state index in [0.29, 0.717) is 4.83 Å². The third-order valence-corrected chi connectivity index (χ3v) is 1.68. The van der Waals surface area contributed by atoms with Gasteiger partial charge in [-0.2, -0.15) is 0 Å². The molecule has 0 aromatic carbocycles. The summed E-state index contributed by atoms with van der Waals surface area (Å²) in [6.45, 7) is 0. The minimum absolute atomic E-state index is 0.124. The van der Waals surface area contributed by atoms with Gasteiger partial charge in [-0.15, -0.1) is 0 Å². The smallest absolute Gasteiger partial charge is 0.119 e. The minimum atomic E-state index is -0.124. The molecule has 0 aromatic rings. The van der Waals surface area contributed by atoms with Gasteiger partial charge in [0.25, 0.3) is 0 Å². The van der Waals surface area contributed by atoms with Crippen LogP contribution in [0.5, 0.6) is 0 Å². The van der Waals surface area contributed by atoms with E-state index in [-0.39, 0.29) is 5.83 Å². The molecule has 0 radical (unpaired) electrons. The van der Waals surface area contributed by atoms with Crippen LogP contribution in [0.3, 0.4) is 0 Å². The Morgan fingerprint density at radius 3 is 2.88 bits per heavy atom. The van der Waals surface area contributed by atoms with E-state index in [9.17, 15) is 4.39 Å². The summed E-state index contributed by atoms with van der Waals surface area (Å²) in [5.41, 5.74) is 0. The maximum absolute atomic E-state index is 12.1. The van der Waals surface area contributed by atoms with Crippen LogP contribution >= 0.6 is 15.9 Å². The molecule has 0 amide bonds. The molecule has 0 nitrogen and oxygen atoms in total. The van der Waals surface area contributed by atoms with Crippen molar-refractivity contribution >= 4 is 15.9 Å². The highest BCUT2D eigenvalue weighted by atomic mass is 79.9. The standard InChI is InChI=1S/C6H6BrF/c7-5-1-3-6(8)4-2-5/h1,3-5H,2H2. The van der Waals surface area contributed by atoms with Crippen molar-refractivity contribution in [2.24, 2.45) is 0 Å². The number of rotatable bonds is 0. The molecule has 0 heterocycles. The van der Waals surface area contributed by atoms with Crippen molar-refractivity contribution in [2.45, 2.75) is 11.2 Å². The van der Waals surface area contributed by atoms with Gasteiger partial charge in [-0.05, 0) is 18.6 Å². The van der Waals surface area contributed by atoms with Crippen molar-refractivity contribution in [2.75, 3.05) is 0 Å². The molecule has 0 saturated heterocycles. The van der Waals surface area contributed by atoms with Crippen LogP contribution in [-0.2, 0) is 0 Å². The zero-order chi connectivity index (χ0) is 5.98. The van der Waals surface area contributed by atoms with Crippen LogP contribution in [0.2, 0.25) is 0 Å². The first-order valence-corrected chi connectivity index (χ1v) is 3.38. The Kier molecular flexibility index (Phi) is 1.84. The average molecular weight is 177 g/mol. The highest BCUT2D eigenvalue weighted by Crippen LogP contribution is 2.16. The first kappa shape index (κ1) is 6.02. The molecular formula is C6H6BrF. The molecule has 1 atom stereocenters. The van der Waals surface area contributed by atoms with Gasteiger partial charge in [0.2, 0.25) is 0 Å². The van der Waals surface area contributed by atoms with E-state index < -0.39 is 0 Å². The number of hydrogen-bond acceptors (Lipinski definition) is 0. The first-order chi connectivity index (χ1) is 3.79. The van der Waals surface area contributed by atoms with Crippen molar-refractivity contribution in [3.8, 4) is 0 Å². The van der Waals surface area contributed by atoms with E-state index in [1.165, 1.54) is 6.08 Å². The predicted molar refractivity (Wildman–Crippen MR) is 35.7 cm³/mol.